The number of rotatable bonds is 1. The molecule has 1 N–H and O–H groups in total. The molecule has 2 aliphatic carbocycles. The van der Waals surface area contributed by atoms with Crippen LogP contribution in [-0.4, -0.2) is 29.1 Å². The molecular formula is C13H22N2O. The molecule has 1 heterocycles. The maximum Gasteiger partial charge on any atom is 0.244 e. The molecule has 2 saturated carbocycles. The van der Waals surface area contributed by atoms with Crippen LogP contribution in [0, 0.1) is 5.41 Å². The second-order valence-electron chi connectivity index (χ2n) is 6.59. The smallest absolute Gasteiger partial charge is 0.244 e. The van der Waals surface area contributed by atoms with E-state index in [4.69, 9.17) is 0 Å². The Bertz CT molecular complexity index is 310. The molecule has 3 fully saturated rings. The molecule has 3 heteroatoms. The highest BCUT2D eigenvalue weighted by Crippen LogP contribution is 2.43. The number of hydrogen-bond donors (Lipinski definition) is 1. The lowest BCUT2D eigenvalue weighted by Crippen LogP contribution is -2.42. The minimum Gasteiger partial charge on any atom is -0.325 e. The van der Waals surface area contributed by atoms with Crippen LogP contribution in [0.15, 0.2) is 0 Å². The van der Waals surface area contributed by atoms with Crippen LogP contribution >= 0.6 is 0 Å². The molecule has 3 rings (SSSR count). The predicted molar refractivity (Wildman–Crippen MR) is 62.9 cm³/mol. The Labute approximate surface area is 97.6 Å². The van der Waals surface area contributed by atoms with E-state index in [0.29, 0.717) is 17.4 Å². The van der Waals surface area contributed by atoms with Gasteiger partial charge in [0.25, 0.3) is 0 Å². The molecular weight excluding hydrogens is 200 g/mol. The van der Waals surface area contributed by atoms with E-state index in [1.54, 1.807) is 0 Å². The van der Waals surface area contributed by atoms with Crippen molar-refractivity contribution in [2.75, 3.05) is 6.67 Å². The van der Waals surface area contributed by atoms with Crippen molar-refractivity contribution in [2.45, 2.75) is 64.0 Å². The van der Waals surface area contributed by atoms with Crippen molar-refractivity contribution in [3.05, 3.63) is 0 Å². The number of hydrogen-bond acceptors (Lipinski definition) is 2. The van der Waals surface area contributed by atoms with Crippen molar-refractivity contribution in [3.8, 4) is 0 Å². The Morgan fingerprint density at radius 1 is 1.19 bits per heavy atom. The molecule has 3 nitrogen and oxygen atoms in total. The first-order chi connectivity index (χ1) is 7.53. The van der Waals surface area contributed by atoms with Crippen molar-refractivity contribution in [3.63, 3.8) is 0 Å². The molecule has 1 spiro atoms. The average Bonchev–Trinajstić information content (AvgIpc) is 2.94. The number of amides is 1. The summed E-state index contributed by atoms with van der Waals surface area (Å²) in [6.07, 6.45) is 7.01. The third-order valence-electron chi connectivity index (χ3n) is 4.76. The Morgan fingerprint density at radius 3 is 2.31 bits per heavy atom. The van der Waals surface area contributed by atoms with E-state index in [9.17, 15) is 4.79 Å². The highest BCUT2D eigenvalue weighted by atomic mass is 16.2. The van der Waals surface area contributed by atoms with Crippen LogP contribution in [0.2, 0.25) is 0 Å². The Kier molecular flexibility index (Phi) is 2.13. The fraction of sp³-hybridized carbons (Fsp3) is 0.923. The lowest BCUT2D eigenvalue weighted by atomic mass is 9.75. The minimum atomic E-state index is -0.104. The molecule has 16 heavy (non-hydrogen) atoms. The third-order valence-corrected chi connectivity index (χ3v) is 4.76. The van der Waals surface area contributed by atoms with Crippen molar-refractivity contribution in [2.24, 2.45) is 5.41 Å². The fourth-order valence-electron chi connectivity index (χ4n) is 3.17. The summed E-state index contributed by atoms with van der Waals surface area (Å²) in [7, 11) is 0. The van der Waals surface area contributed by atoms with Gasteiger partial charge in [-0.2, -0.15) is 0 Å². The zero-order valence-electron chi connectivity index (χ0n) is 10.4. The Hall–Kier alpha value is -0.570. The molecule has 0 atom stereocenters. The summed E-state index contributed by atoms with van der Waals surface area (Å²) in [6.45, 7) is 5.48. The van der Waals surface area contributed by atoms with Gasteiger partial charge in [-0.15, -0.1) is 0 Å². The van der Waals surface area contributed by atoms with E-state index in [1.807, 2.05) is 0 Å². The van der Waals surface area contributed by atoms with Crippen LogP contribution in [0.25, 0.3) is 0 Å². The van der Waals surface area contributed by atoms with Gasteiger partial charge in [0.1, 0.15) is 0 Å². The second kappa shape index (κ2) is 3.22. The van der Waals surface area contributed by atoms with E-state index in [-0.39, 0.29) is 5.54 Å². The van der Waals surface area contributed by atoms with Crippen LogP contribution in [0.4, 0.5) is 0 Å². The summed E-state index contributed by atoms with van der Waals surface area (Å²) in [5, 5.41) is 3.40. The standard InChI is InChI=1S/C13H22N2O/c1-12(2)5-3-10(4-6-12)15-9-14-13(7-8-13)11(15)16/h10,14H,3-9H2,1-2H3. The quantitative estimate of drug-likeness (QED) is 0.734. The molecule has 1 saturated heterocycles. The SMILES string of the molecule is CC1(C)CCC(N2CNC3(CC3)C2=O)CC1. The van der Waals surface area contributed by atoms with Crippen LogP contribution in [-0.2, 0) is 4.79 Å². The molecule has 0 aromatic rings. The first kappa shape index (κ1) is 10.6. The van der Waals surface area contributed by atoms with Crippen LogP contribution in [0.3, 0.4) is 0 Å². The summed E-state index contributed by atoms with van der Waals surface area (Å²) in [5.74, 6) is 0.386. The van der Waals surface area contributed by atoms with E-state index in [1.165, 1.54) is 25.7 Å². The van der Waals surface area contributed by atoms with Gasteiger partial charge in [-0.1, -0.05) is 13.8 Å². The normalized spacial score (nSPS) is 32.4. The molecule has 1 amide bonds. The highest BCUT2D eigenvalue weighted by Gasteiger charge is 2.56. The maximum absolute atomic E-state index is 12.2. The summed E-state index contributed by atoms with van der Waals surface area (Å²) in [4.78, 5) is 14.3. The molecule has 90 valence electrons. The van der Waals surface area contributed by atoms with Gasteiger partial charge in [-0.05, 0) is 43.9 Å². The number of nitrogens with one attached hydrogen (secondary N) is 1. The first-order valence-electron chi connectivity index (χ1n) is 6.59. The molecule has 3 aliphatic rings. The van der Waals surface area contributed by atoms with Crippen molar-refractivity contribution in [1.29, 1.82) is 0 Å². The first-order valence-corrected chi connectivity index (χ1v) is 6.59. The lowest BCUT2D eigenvalue weighted by molar-refractivity contribution is -0.132. The van der Waals surface area contributed by atoms with Gasteiger partial charge in [-0.25, -0.2) is 0 Å². The van der Waals surface area contributed by atoms with Gasteiger partial charge < -0.3 is 4.90 Å². The van der Waals surface area contributed by atoms with E-state index in [0.717, 1.165) is 19.5 Å². The van der Waals surface area contributed by atoms with Crippen molar-refractivity contribution >= 4 is 5.91 Å². The van der Waals surface area contributed by atoms with E-state index >= 15 is 0 Å². The van der Waals surface area contributed by atoms with Gasteiger partial charge >= 0.3 is 0 Å². The fourth-order valence-corrected chi connectivity index (χ4v) is 3.17. The molecule has 0 bridgehead atoms. The highest BCUT2D eigenvalue weighted by molar-refractivity contribution is 5.91. The van der Waals surface area contributed by atoms with Gasteiger partial charge in [0, 0.05) is 6.04 Å². The zero-order valence-corrected chi connectivity index (χ0v) is 10.4. The molecule has 0 aromatic heterocycles. The molecule has 0 aromatic carbocycles. The van der Waals surface area contributed by atoms with Gasteiger partial charge in [0.15, 0.2) is 0 Å². The van der Waals surface area contributed by atoms with Gasteiger partial charge in [0.2, 0.25) is 5.91 Å². The van der Waals surface area contributed by atoms with Gasteiger partial charge in [0.05, 0.1) is 12.2 Å². The minimum absolute atomic E-state index is 0.104. The number of nitrogens with zero attached hydrogens (tertiary/aromatic N) is 1. The number of carbonyl (C=O) groups excluding carboxylic acids is 1. The Balaban J connectivity index is 1.65. The summed E-state index contributed by atoms with van der Waals surface area (Å²) >= 11 is 0. The predicted octanol–water partition coefficient (Wildman–Crippen LogP) is 1.88. The van der Waals surface area contributed by atoms with Crippen LogP contribution < -0.4 is 5.32 Å². The van der Waals surface area contributed by atoms with Crippen LogP contribution in [0.1, 0.15) is 52.4 Å². The second-order valence-corrected chi connectivity index (χ2v) is 6.59. The monoisotopic (exact) mass is 222 g/mol. The molecule has 1 aliphatic heterocycles. The van der Waals surface area contributed by atoms with Gasteiger partial charge in [-0.3, -0.25) is 10.1 Å². The zero-order chi connectivity index (χ0) is 11.4. The molecule has 0 radical (unpaired) electrons. The van der Waals surface area contributed by atoms with Crippen LogP contribution in [0.5, 0.6) is 0 Å². The Morgan fingerprint density at radius 2 is 1.81 bits per heavy atom. The number of carbonyl (C=O) groups is 1. The van der Waals surface area contributed by atoms with E-state index in [2.05, 4.69) is 24.1 Å². The topological polar surface area (TPSA) is 32.3 Å². The largest absolute Gasteiger partial charge is 0.325 e. The van der Waals surface area contributed by atoms with Crippen molar-refractivity contribution < 1.29 is 4.79 Å². The summed E-state index contributed by atoms with van der Waals surface area (Å²) in [6, 6.07) is 0.507. The molecule has 0 unspecified atom stereocenters. The third kappa shape index (κ3) is 1.56. The summed E-state index contributed by atoms with van der Waals surface area (Å²) < 4.78 is 0. The van der Waals surface area contributed by atoms with Crippen molar-refractivity contribution in [1.82, 2.24) is 10.2 Å². The van der Waals surface area contributed by atoms with E-state index < -0.39 is 0 Å². The maximum atomic E-state index is 12.2. The summed E-state index contributed by atoms with van der Waals surface area (Å²) in [5.41, 5.74) is 0.386. The average molecular weight is 222 g/mol. The lowest BCUT2D eigenvalue weighted by Gasteiger charge is -2.38.